The molecule has 0 spiro atoms. The normalized spacial score (nSPS) is 9.81. The molecule has 108 valence electrons. The Morgan fingerprint density at radius 3 is 2.33 bits per heavy atom. The van der Waals surface area contributed by atoms with Gasteiger partial charge in [0.1, 0.15) is 5.75 Å². The Hall–Kier alpha value is -2.53. The van der Waals surface area contributed by atoms with Crippen molar-refractivity contribution < 1.29 is 14.3 Å². The SMILES string of the molecule is CC(=O)Oc1cccc(NC(=O)Nc2ccc(Cl)cc2)c1. The number of benzene rings is 2. The van der Waals surface area contributed by atoms with Crippen LogP contribution in [0.4, 0.5) is 16.2 Å². The minimum atomic E-state index is -0.419. The standard InChI is InChI=1S/C15H13ClN2O3/c1-10(19)21-14-4-2-3-13(9-14)18-15(20)17-12-7-5-11(16)6-8-12/h2-9H,1H3,(H2,17,18,20). The zero-order valence-electron chi connectivity index (χ0n) is 11.2. The average molecular weight is 305 g/mol. The Bertz CT molecular complexity index is 656. The molecule has 2 amide bonds. The number of hydrogen-bond donors (Lipinski definition) is 2. The summed E-state index contributed by atoms with van der Waals surface area (Å²) in [6.07, 6.45) is 0. The van der Waals surface area contributed by atoms with Gasteiger partial charge in [-0.3, -0.25) is 4.79 Å². The van der Waals surface area contributed by atoms with Crippen LogP contribution in [0.5, 0.6) is 5.75 Å². The Balaban J connectivity index is 1.99. The first kappa shape index (κ1) is 14.9. The zero-order valence-corrected chi connectivity index (χ0v) is 12.0. The minimum Gasteiger partial charge on any atom is -0.427 e. The van der Waals surface area contributed by atoms with E-state index in [-0.39, 0.29) is 0 Å². The van der Waals surface area contributed by atoms with Gasteiger partial charge in [-0.15, -0.1) is 0 Å². The number of nitrogens with one attached hydrogen (secondary N) is 2. The fraction of sp³-hybridized carbons (Fsp3) is 0.0667. The quantitative estimate of drug-likeness (QED) is 0.667. The molecule has 0 aliphatic carbocycles. The van der Waals surface area contributed by atoms with Crippen LogP contribution in [0, 0.1) is 0 Å². The van der Waals surface area contributed by atoms with E-state index in [1.54, 1.807) is 48.5 Å². The van der Waals surface area contributed by atoms with Gasteiger partial charge in [0, 0.05) is 29.4 Å². The number of urea groups is 1. The number of rotatable bonds is 3. The topological polar surface area (TPSA) is 67.4 Å². The molecular formula is C15H13ClN2O3. The molecule has 0 aliphatic rings. The molecule has 2 N–H and O–H groups in total. The van der Waals surface area contributed by atoms with Crippen LogP contribution in [0.1, 0.15) is 6.92 Å². The predicted molar refractivity (Wildman–Crippen MR) is 81.8 cm³/mol. The third-order valence-electron chi connectivity index (χ3n) is 2.46. The van der Waals surface area contributed by atoms with Crippen LogP contribution in [0.15, 0.2) is 48.5 Å². The van der Waals surface area contributed by atoms with E-state index >= 15 is 0 Å². The van der Waals surface area contributed by atoms with Gasteiger partial charge in [-0.05, 0) is 36.4 Å². The number of halogens is 1. The van der Waals surface area contributed by atoms with Gasteiger partial charge in [0.05, 0.1) is 0 Å². The van der Waals surface area contributed by atoms with E-state index in [9.17, 15) is 9.59 Å². The first-order chi connectivity index (χ1) is 10.0. The van der Waals surface area contributed by atoms with Gasteiger partial charge in [0.25, 0.3) is 0 Å². The lowest BCUT2D eigenvalue weighted by Gasteiger charge is -2.09. The van der Waals surface area contributed by atoms with Crippen molar-refractivity contribution in [1.82, 2.24) is 0 Å². The van der Waals surface area contributed by atoms with Crippen molar-refractivity contribution in [3.8, 4) is 5.75 Å². The molecule has 2 aromatic rings. The predicted octanol–water partition coefficient (Wildman–Crippen LogP) is 3.91. The van der Waals surface area contributed by atoms with E-state index in [1.807, 2.05) is 0 Å². The van der Waals surface area contributed by atoms with Gasteiger partial charge in [-0.2, -0.15) is 0 Å². The van der Waals surface area contributed by atoms with Crippen molar-refractivity contribution in [3.63, 3.8) is 0 Å². The maximum Gasteiger partial charge on any atom is 0.323 e. The summed E-state index contributed by atoms with van der Waals surface area (Å²) in [4.78, 5) is 22.7. The second-order valence-electron chi connectivity index (χ2n) is 4.21. The van der Waals surface area contributed by atoms with E-state index in [1.165, 1.54) is 6.92 Å². The summed E-state index contributed by atoms with van der Waals surface area (Å²) in [6, 6.07) is 12.9. The number of esters is 1. The lowest BCUT2D eigenvalue weighted by Crippen LogP contribution is -2.19. The molecule has 0 heterocycles. The highest BCUT2D eigenvalue weighted by Crippen LogP contribution is 2.18. The summed E-state index contributed by atoms with van der Waals surface area (Å²) in [6.45, 7) is 1.31. The highest BCUT2D eigenvalue weighted by Gasteiger charge is 2.04. The number of carbonyl (C=O) groups is 2. The summed E-state index contributed by atoms with van der Waals surface area (Å²) in [5.74, 6) is -0.0513. The molecule has 0 saturated heterocycles. The van der Waals surface area contributed by atoms with Crippen LogP contribution in [0.3, 0.4) is 0 Å². The second-order valence-corrected chi connectivity index (χ2v) is 4.64. The van der Waals surface area contributed by atoms with Crippen molar-refractivity contribution >= 4 is 35.0 Å². The summed E-state index contributed by atoms with van der Waals surface area (Å²) in [5.41, 5.74) is 1.13. The molecule has 0 fully saturated rings. The van der Waals surface area contributed by atoms with Crippen LogP contribution in [-0.2, 0) is 4.79 Å². The molecule has 0 saturated carbocycles. The van der Waals surface area contributed by atoms with Crippen LogP contribution < -0.4 is 15.4 Å². The summed E-state index contributed by atoms with van der Waals surface area (Å²) >= 11 is 5.77. The van der Waals surface area contributed by atoms with E-state index in [0.717, 1.165) is 0 Å². The van der Waals surface area contributed by atoms with Crippen molar-refractivity contribution in [2.45, 2.75) is 6.92 Å². The monoisotopic (exact) mass is 304 g/mol. The molecule has 0 atom stereocenters. The summed E-state index contributed by atoms with van der Waals surface area (Å²) in [5, 5.41) is 5.90. The Morgan fingerprint density at radius 2 is 1.67 bits per heavy atom. The first-order valence-electron chi connectivity index (χ1n) is 6.15. The molecular weight excluding hydrogens is 292 g/mol. The van der Waals surface area contributed by atoms with Crippen LogP contribution in [0.25, 0.3) is 0 Å². The fourth-order valence-corrected chi connectivity index (χ4v) is 1.76. The number of hydrogen-bond acceptors (Lipinski definition) is 3. The average Bonchev–Trinajstić information content (AvgIpc) is 2.41. The molecule has 0 bridgehead atoms. The Labute approximate surface area is 126 Å². The largest absolute Gasteiger partial charge is 0.427 e. The number of amides is 2. The van der Waals surface area contributed by atoms with Crippen LogP contribution in [0.2, 0.25) is 5.02 Å². The van der Waals surface area contributed by atoms with Crippen molar-refractivity contribution in [2.75, 3.05) is 10.6 Å². The number of carbonyl (C=O) groups excluding carboxylic acids is 2. The van der Waals surface area contributed by atoms with Crippen molar-refractivity contribution in [3.05, 3.63) is 53.6 Å². The van der Waals surface area contributed by atoms with E-state index in [4.69, 9.17) is 16.3 Å². The molecule has 0 unspecified atom stereocenters. The van der Waals surface area contributed by atoms with Gasteiger partial charge < -0.3 is 15.4 Å². The summed E-state index contributed by atoms with van der Waals surface area (Å²) in [7, 11) is 0. The maximum absolute atomic E-state index is 11.8. The second kappa shape index (κ2) is 6.76. The molecule has 0 aliphatic heterocycles. The summed E-state index contributed by atoms with van der Waals surface area (Å²) < 4.78 is 4.94. The Morgan fingerprint density at radius 1 is 1.00 bits per heavy atom. The van der Waals surface area contributed by atoms with E-state index in [2.05, 4.69) is 10.6 Å². The molecule has 6 heteroatoms. The van der Waals surface area contributed by atoms with Gasteiger partial charge >= 0.3 is 12.0 Å². The molecule has 2 rings (SSSR count). The van der Waals surface area contributed by atoms with Gasteiger partial charge in [-0.1, -0.05) is 17.7 Å². The zero-order chi connectivity index (χ0) is 15.2. The highest BCUT2D eigenvalue weighted by molar-refractivity contribution is 6.30. The van der Waals surface area contributed by atoms with Crippen molar-refractivity contribution in [2.24, 2.45) is 0 Å². The van der Waals surface area contributed by atoms with Gasteiger partial charge in [-0.25, -0.2) is 4.79 Å². The molecule has 0 aromatic heterocycles. The van der Waals surface area contributed by atoms with Gasteiger partial charge in [0.15, 0.2) is 0 Å². The van der Waals surface area contributed by atoms with Crippen molar-refractivity contribution in [1.29, 1.82) is 0 Å². The highest BCUT2D eigenvalue weighted by atomic mass is 35.5. The molecule has 2 aromatic carbocycles. The van der Waals surface area contributed by atoms with Gasteiger partial charge in [0.2, 0.25) is 0 Å². The third-order valence-corrected chi connectivity index (χ3v) is 2.71. The number of anilines is 2. The Kier molecular flexibility index (Phi) is 4.79. The van der Waals surface area contributed by atoms with E-state index < -0.39 is 12.0 Å². The number of ether oxygens (including phenoxy) is 1. The maximum atomic E-state index is 11.8. The smallest absolute Gasteiger partial charge is 0.323 e. The first-order valence-corrected chi connectivity index (χ1v) is 6.53. The van der Waals surface area contributed by atoms with Crippen LogP contribution in [-0.4, -0.2) is 12.0 Å². The lowest BCUT2D eigenvalue weighted by atomic mass is 10.3. The molecule has 5 nitrogen and oxygen atoms in total. The fourth-order valence-electron chi connectivity index (χ4n) is 1.63. The minimum absolute atomic E-state index is 0.367. The lowest BCUT2D eigenvalue weighted by molar-refractivity contribution is -0.131. The molecule has 21 heavy (non-hydrogen) atoms. The van der Waals surface area contributed by atoms with E-state index in [0.29, 0.717) is 22.1 Å². The molecule has 0 radical (unpaired) electrons. The van der Waals surface area contributed by atoms with Crippen LogP contribution >= 0.6 is 11.6 Å². The third kappa shape index (κ3) is 4.81.